The molecule has 0 aromatic heterocycles. The Hall–Kier alpha value is -0.340. The molecule has 0 aliphatic heterocycles. The molecule has 0 unspecified atom stereocenters. The second kappa shape index (κ2) is 4.63. The molecule has 0 rings (SSSR count). The van der Waals surface area contributed by atoms with Crippen molar-refractivity contribution in [2.45, 2.75) is 33.3 Å². The van der Waals surface area contributed by atoms with Crippen LogP contribution in [0.4, 0.5) is 0 Å². The van der Waals surface area contributed by atoms with E-state index in [2.05, 4.69) is 18.4 Å². The van der Waals surface area contributed by atoms with Gasteiger partial charge in [0.2, 0.25) is 0 Å². The van der Waals surface area contributed by atoms with E-state index in [1.54, 1.807) is 0 Å². The van der Waals surface area contributed by atoms with Crippen molar-refractivity contribution < 1.29 is 5.11 Å². The number of nitrogens with zero attached hydrogens (tertiary/aromatic N) is 1. The smallest absolute Gasteiger partial charge is 0.0718 e. The van der Waals surface area contributed by atoms with E-state index in [1.807, 2.05) is 20.8 Å². The third kappa shape index (κ3) is 6.38. The number of aliphatic hydroxyl groups is 1. The van der Waals surface area contributed by atoms with Crippen LogP contribution in [-0.4, -0.2) is 35.2 Å². The topological polar surface area (TPSA) is 23.5 Å². The zero-order valence-corrected chi connectivity index (χ0v) is 8.72. The molecular weight excluding hydrogens is 150 g/mol. The van der Waals surface area contributed by atoms with Gasteiger partial charge >= 0.3 is 0 Å². The highest BCUT2D eigenvalue weighted by Crippen LogP contribution is 2.05. The normalized spacial score (nSPS) is 12.2. The Morgan fingerprint density at radius 2 is 2.00 bits per heavy atom. The maximum absolute atomic E-state index is 9.56. The van der Waals surface area contributed by atoms with Crippen LogP contribution in [-0.2, 0) is 0 Å². The van der Waals surface area contributed by atoms with Crippen molar-refractivity contribution in [1.29, 1.82) is 0 Å². The highest BCUT2D eigenvalue weighted by molar-refractivity contribution is 4.92. The largest absolute Gasteiger partial charge is 0.389 e. The Kier molecular flexibility index (Phi) is 4.50. The Bertz CT molecular complexity index is 146. The fraction of sp³-hybridized carbons (Fsp3) is 0.800. The van der Waals surface area contributed by atoms with E-state index >= 15 is 0 Å². The lowest BCUT2D eigenvalue weighted by atomic mass is 10.1. The third-order valence-corrected chi connectivity index (χ3v) is 1.55. The highest BCUT2D eigenvalue weighted by Gasteiger charge is 2.16. The van der Waals surface area contributed by atoms with E-state index < -0.39 is 5.60 Å². The van der Waals surface area contributed by atoms with Crippen molar-refractivity contribution in [2.24, 2.45) is 0 Å². The van der Waals surface area contributed by atoms with Crippen molar-refractivity contribution in [2.75, 3.05) is 19.6 Å². The van der Waals surface area contributed by atoms with Crippen molar-refractivity contribution in [3.63, 3.8) is 0 Å². The molecule has 12 heavy (non-hydrogen) atoms. The molecular formula is C10H21NO. The molecule has 0 aliphatic carbocycles. The van der Waals surface area contributed by atoms with Gasteiger partial charge in [0.05, 0.1) is 5.60 Å². The number of hydrogen-bond acceptors (Lipinski definition) is 2. The molecule has 0 atom stereocenters. The minimum Gasteiger partial charge on any atom is -0.389 e. The molecule has 0 radical (unpaired) electrons. The summed E-state index contributed by atoms with van der Waals surface area (Å²) >= 11 is 0. The molecule has 2 heteroatoms. The highest BCUT2D eigenvalue weighted by atomic mass is 16.3. The molecule has 0 saturated heterocycles. The van der Waals surface area contributed by atoms with Gasteiger partial charge in [0, 0.05) is 13.1 Å². The van der Waals surface area contributed by atoms with E-state index in [9.17, 15) is 5.11 Å². The molecule has 0 fully saturated rings. The summed E-state index contributed by atoms with van der Waals surface area (Å²) in [4.78, 5) is 2.18. The van der Waals surface area contributed by atoms with Crippen LogP contribution < -0.4 is 0 Å². The van der Waals surface area contributed by atoms with Crippen LogP contribution in [0.15, 0.2) is 12.2 Å². The van der Waals surface area contributed by atoms with Gasteiger partial charge < -0.3 is 5.11 Å². The predicted octanol–water partition coefficient (Wildman–Crippen LogP) is 1.66. The SMILES string of the molecule is C=C(C)CN(CC)CC(C)(C)O. The summed E-state index contributed by atoms with van der Waals surface area (Å²) in [6, 6.07) is 0. The van der Waals surface area contributed by atoms with Crippen LogP contribution in [0, 0.1) is 0 Å². The van der Waals surface area contributed by atoms with Crippen molar-refractivity contribution in [3.05, 3.63) is 12.2 Å². The zero-order valence-electron chi connectivity index (χ0n) is 8.72. The van der Waals surface area contributed by atoms with Crippen molar-refractivity contribution in [3.8, 4) is 0 Å². The van der Waals surface area contributed by atoms with Gasteiger partial charge in [-0.3, -0.25) is 4.90 Å². The van der Waals surface area contributed by atoms with Gasteiger partial charge in [-0.15, -0.1) is 0 Å². The van der Waals surface area contributed by atoms with Gasteiger partial charge in [0.1, 0.15) is 0 Å². The Labute approximate surface area is 75.9 Å². The molecule has 0 aliphatic rings. The lowest BCUT2D eigenvalue weighted by Gasteiger charge is -2.27. The summed E-state index contributed by atoms with van der Waals surface area (Å²) in [6.45, 7) is 14.1. The number of rotatable bonds is 5. The van der Waals surface area contributed by atoms with Crippen molar-refractivity contribution >= 4 is 0 Å². The molecule has 0 bridgehead atoms. The standard InChI is InChI=1S/C10H21NO/c1-6-11(7-9(2)3)8-10(4,5)12/h12H,2,6-8H2,1,3-5H3. The monoisotopic (exact) mass is 171 g/mol. The molecule has 1 N–H and O–H groups in total. The summed E-state index contributed by atoms with van der Waals surface area (Å²) in [5.41, 5.74) is 0.534. The first-order valence-corrected chi connectivity index (χ1v) is 4.44. The minimum atomic E-state index is -0.606. The predicted molar refractivity (Wildman–Crippen MR) is 53.2 cm³/mol. The minimum absolute atomic E-state index is 0.606. The van der Waals surface area contributed by atoms with E-state index in [-0.39, 0.29) is 0 Å². The molecule has 0 saturated carbocycles. The first-order valence-electron chi connectivity index (χ1n) is 4.44. The third-order valence-electron chi connectivity index (χ3n) is 1.55. The lowest BCUT2D eigenvalue weighted by molar-refractivity contribution is 0.0409. The first-order chi connectivity index (χ1) is 5.35. The Morgan fingerprint density at radius 1 is 1.50 bits per heavy atom. The molecule has 0 heterocycles. The number of likely N-dealkylation sites (N-methyl/N-ethyl adjacent to an activating group) is 1. The van der Waals surface area contributed by atoms with Gasteiger partial charge in [-0.25, -0.2) is 0 Å². The average Bonchev–Trinajstić information content (AvgIpc) is 1.82. The van der Waals surface area contributed by atoms with Gasteiger partial charge in [-0.05, 0) is 27.3 Å². The summed E-state index contributed by atoms with van der Waals surface area (Å²) in [5.74, 6) is 0. The molecule has 0 aromatic carbocycles. The summed E-state index contributed by atoms with van der Waals surface area (Å²) < 4.78 is 0. The van der Waals surface area contributed by atoms with Gasteiger partial charge in [0.15, 0.2) is 0 Å². The second-order valence-corrected chi connectivity index (χ2v) is 4.07. The maximum atomic E-state index is 9.56. The summed E-state index contributed by atoms with van der Waals surface area (Å²) in [7, 11) is 0. The van der Waals surface area contributed by atoms with E-state index in [0.717, 1.165) is 18.7 Å². The van der Waals surface area contributed by atoms with Crippen LogP contribution in [0.1, 0.15) is 27.7 Å². The van der Waals surface area contributed by atoms with Gasteiger partial charge in [-0.1, -0.05) is 19.1 Å². The molecule has 0 amide bonds. The zero-order chi connectivity index (χ0) is 9.78. The molecule has 72 valence electrons. The average molecular weight is 171 g/mol. The fourth-order valence-electron chi connectivity index (χ4n) is 1.21. The fourth-order valence-corrected chi connectivity index (χ4v) is 1.21. The Balaban J connectivity index is 3.92. The maximum Gasteiger partial charge on any atom is 0.0718 e. The molecule has 0 aromatic rings. The molecule has 2 nitrogen and oxygen atoms in total. The van der Waals surface area contributed by atoms with Crippen molar-refractivity contribution in [1.82, 2.24) is 4.90 Å². The lowest BCUT2D eigenvalue weighted by Crippen LogP contribution is -2.39. The quantitative estimate of drug-likeness (QED) is 0.636. The van der Waals surface area contributed by atoms with Crippen LogP contribution in [0.5, 0.6) is 0 Å². The second-order valence-electron chi connectivity index (χ2n) is 4.07. The van der Waals surface area contributed by atoms with Crippen LogP contribution in [0.2, 0.25) is 0 Å². The number of hydrogen-bond donors (Lipinski definition) is 1. The van der Waals surface area contributed by atoms with Crippen LogP contribution >= 0.6 is 0 Å². The summed E-state index contributed by atoms with van der Waals surface area (Å²) in [5, 5.41) is 9.56. The van der Waals surface area contributed by atoms with Crippen LogP contribution in [0.3, 0.4) is 0 Å². The molecule has 0 spiro atoms. The first kappa shape index (κ1) is 11.7. The van der Waals surface area contributed by atoms with E-state index in [1.165, 1.54) is 0 Å². The van der Waals surface area contributed by atoms with Crippen LogP contribution in [0.25, 0.3) is 0 Å². The van der Waals surface area contributed by atoms with E-state index in [4.69, 9.17) is 0 Å². The van der Waals surface area contributed by atoms with Gasteiger partial charge in [0.25, 0.3) is 0 Å². The van der Waals surface area contributed by atoms with Gasteiger partial charge in [-0.2, -0.15) is 0 Å². The van der Waals surface area contributed by atoms with E-state index in [0.29, 0.717) is 6.54 Å². The summed E-state index contributed by atoms with van der Waals surface area (Å²) in [6.07, 6.45) is 0. The Morgan fingerprint density at radius 3 is 2.25 bits per heavy atom.